The molecule has 3 rings (SSSR count). The molecule has 33 heavy (non-hydrogen) atoms. The van der Waals surface area contributed by atoms with Gasteiger partial charge < -0.3 is 15.4 Å². The minimum absolute atomic E-state index is 0.0690. The van der Waals surface area contributed by atoms with Crippen molar-refractivity contribution in [2.75, 3.05) is 10.6 Å². The van der Waals surface area contributed by atoms with Crippen molar-refractivity contribution >= 4 is 23.1 Å². The molecule has 0 bridgehead atoms. The Morgan fingerprint density at radius 1 is 0.879 bits per heavy atom. The quantitative estimate of drug-likeness (QED) is 0.366. The van der Waals surface area contributed by atoms with E-state index in [1.165, 1.54) is 5.56 Å². The molecule has 0 fully saturated rings. The van der Waals surface area contributed by atoms with Gasteiger partial charge >= 0.3 is 6.18 Å². The molecule has 1 heterocycles. The van der Waals surface area contributed by atoms with E-state index in [4.69, 9.17) is 4.74 Å². The summed E-state index contributed by atoms with van der Waals surface area (Å²) in [6.07, 6.45) is -0.614. The van der Waals surface area contributed by atoms with Gasteiger partial charge in [-0.05, 0) is 75.6 Å². The summed E-state index contributed by atoms with van der Waals surface area (Å²) >= 11 is 0. The highest BCUT2D eigenvalue weighted by molar-refractivity contribution is 5.63. The number of alkyl halides is 3. The highest BCUT2D eigenvalue weighted by atomic mass is 19.4. The van der Waals surface area contributed by atoms with E-state index in [-0.39, 0.29) is 17.4 Å². The van der Waals surface area contributed by atoms with E-state index in [9.17, 15) is 13.2 Å². The van der Waals surface area contributed by atoms with E-state index in [1.54, 1.807) is 24.3 Å². The Kier molecular flexibility index (Phi) is 7.46. The molecule has 0 aliphatic rings. The fourth-order valence-electron chi connectivity index (χ4n) is 3.11. The topological polar surface area (TPSA) is 59.1 Å². The highest BCUT2D eigenvalue weighted by Gasteiger charge is 2.35. The first kappa shape index (κ1) is 24.4. The number of nitrogens with one attached hydrogen (secondary N) is 2. The summed E-state index contributed by atoms with van der Waals surface area (Å²) < 4.78 is 46.4. The smallest absolute Gasteiger partial charge is 0.421 e. The molecule has 0 aliphatic heterocycles. The predicted octanol–water partition coefficient (Wildman–Crippen LogP) is 7.50. The predicted molar refractivity (Wildman–Crippen MR) is 125 cm³/mol. The zero-order valence-corrected chi connectivity index (χ0v) is 19.3. The second-order valence-electron chi connectivity index (χ2n) is 8.74. The molecule has 176 valence electrons. The van der Waals surface area contributed by atoms with Crippen LogP contribution in [-0.2, 0) is 12.6 Å². The molecule has 0 amide bonds. The lowest BCUT2D eigenvalue weighted by Crippen LogP contribution is -2.22. The maximum Gasteiger partial charge on any atom is 0.421 e. The molecule has 0 aliphatic carbocycles. The Balaban J connectivity index is 1.80. The minimum Gasteiger partial charge on any atom is -0.488 e. The summed E-state index contributed by atoms with van der Waals surface area (Å²) in [5.41, 5.74) is 1.03. The monoisotopic (exact) mass is 458 g/mol. The van der Waals surface area contributed by atoms with Crippen LogP contribution in [0.25, 0.3) is 0 Å². The van der Waals surface area contributed by atoms with Gasteiger partial charge in [0.15, 0.2) is 0 Å². The lowest BCUT2D eigenvalue weighted by Gasteiger charge is -2.21. The van der Waals surface area contributed by atoms with Gasteiger partial charge in [-0.1, -0.05) is 25.5 Å². The van der Waals surface area contributed by atoms with Gasteiger partial charge in [0.2, 0.25) is 5.95 Å². The minimum atomic E-state index is -4.60. The van der Waals surface area contributed by atoms with Gasteiger partial charge in [-0.2, -0.15) is 18.2 Å². The van der Waals surface area contributed by atoms with Crippen LogP contribution in [0.4, 0.5) is 36.3 Å². The molecule has 0 unspecified atom stereocenters. The van der Waals surface area contributed by atoms with Gasteiger partial charge in [0.05, 0.1) is 0 Å². The van der Waals surface area contributed by atoms with E-state index in [1.807, 2.05) is 45.0 Å². The number of hydrogen-bond acceptors (Lipinski definition) is 5. The normalized spacial score (nSPS) is 11.8. The third-order valence-electron chi connectivity index (χ3n) is 4.66. The van der Waals surface area contributed by atoms with Crippen LogP contribution >= 0.6 is 0 Å². The Hall–Kier alpha value is -3.29. The van der Waals surface area contributed by atoms with Crippen molar-refractivity contribution in [1.29, 1.82) is 0 Å². The van der Waals surface area contributed by atoms with Crippen molar-refractivity contribution in [2.45, 2.75) is 58.7 Å². The Morgan fingerprint density at radius 2 is 1.48 bits per heavy atom. The molecule has 2 N–H and O–H groups in total. The largest absolute Gasteiger partial charge is 0.488 e. The standard InChI is InChI=1S/C25H29F3N4O/c1-5-6-7-17-8-10-19(11-9-17)31-23-29-16-21(25(26,27)28)22(32-23)30-18-12-14-20(15-13-18)33-24(2,3)4/h8-16H,5-7H2,1-4H3,(H2,29,30,31,32). The van der Waals surface area contributed by atoms with Crippen LogP contribution in [0, 0.1) is 0 Å². The molecule has 0 atom stereocenters. The number of benzene rings is 2. The fourth-order valence-corrected chi connectivity index (χ4v) is 3.11. The first-order valence-corrected chi connectivity index (χ1v) is 10.9. The van der Waals surface area contributed by atoms with Crippen LogP contribution in [0.5, 0.6) is 5.75 Å². The maximum atomic E-state index is 13.5. The molecule has 0 saturated carbocycles. The van der Waals surface area contributed by atoms with E-state index >= 15 is 0 Å². The van der Waals surface area contributed by atoms with Crippen LogP contribution in [0.2, 0.25) is 0 Å². The van der Waals surface area contributed by atoms with E-state index < -0.39 is 11.7 Å². The Morgan fingerprint density at radius 3 is 2.06 bits per heavy atom. The van der Waals surface area contributed by atoms with Crippen molar-refractivity contribution < 1.29 is 17.9 Å². The SMILES string of the molecule is CCCCc1ccc(Nc2ncc(C(F)(F)F)c(Nc3ccc(OC(C)(C)C)cc3)n2)cc1. The van der Waals surface area contributed by atoms with Crippen LogP contribution in [0.3, 0.4) is 0 Å². The Labute approximate surface area is 192 Å². The van der Waals surface area contributed by atoms with Crippen LogP contribution in [-0.4, -0.2) is 15.6 Å². The number of halogens is 3. The average Bonchev–Trinajstić information content (AvgIpc) is 2.73. The lowest BCUT2D eigenvalue weighted by molar-refractivity contribution is -0.137. The van der Waals surface area contributed by atoms with Gasteiger partial charge in [-0.3, -0.25) is 0 Å². The summed E-state index contributed by atoms with van der Waals surface area (Å²) in [6.45, 7) is 7.90. The van der Waals surface area contributed by atoms with Crippen molar-refractivity contribution in [1.82, 2.24) is 9.97 Å². The Bertz CT molecular complexity index is 1040. The number of unbranched alkanes of at least 4 members (excludes halogenated alkanes) is 1. The zero-order valence-electron chi connectivity index (χ0n) is 19.3. The summed E-state index contributed by atoms with van der Waals surface area (Å²) in [6, 6.07) is 14.4. The second kappa shape index (κ2) is 10.1. The number of anilines is 4. The van der Waals surface area contributed by atoms with Gasteiger partial charge in [-0.15, -0.1) is 0 Å². The summed E-state index contributed by atoms with van der Waals surface area (Å²) in [7, 11) is 0. The molecular weight excluding hydrogens is 429 g/mol. The molecule has 1 aromatic heterocycles. The number of hydrogen-bond donors (Lipinski definition) is 2. The highest BCUT2D eigenvalue weighted by Crippen LogP contribution is 2.35. The number of nitrogens with zero attached hydrogens (tertiary/aromatic N) is 2. The molecule has 0 saturated heterocycles. The molecule has 8 heteroatoms. The maximum absolute atomic E-state index is 13.5. The average molecular weight is 459 g/mol. The van der Waals surface area contributed by atoms with Gasteiger partial charge in [-0.25, -0.2) is 4.98 Å². The third kappa shape index (κ3) is 7.37. The van der Waals surface area contributed by atoms with Crippen LogP contribution in [0.15, 0.2) is 54.7 Å². The third-order valence-corrected chi connectivity index (χ3v) is 4.66. The van der Waals surface area contributed by atoms with E-state index in [2.05, 4.69) is 27.5 Å². The fraction of sp³-hybridized carbons (Fsp3) is 0.360. The van der Waals surface area contributed by atoms with E-state index in [0.29, 0.717) is 17.1 Å². The van der Waals surface area contributed by atoms with Crippen molar-refractivity contribution in [3.05, 3.63) is 65.9 Å². The van der Waals surface area contributed by atoms with E-state index in [0.717, 1.165) is 25.5 Å². The van der Waals surface area contributed by atoms with Gasteiger partial charge in [0, 0.05) is 17.6 Å². The van der Waals surface area contributed by atoms with Crippen LogP contribution < -0.4 is 15.4 Å². The first-order valence-electron chi connectivity index (χ1n) is 10.9. The summed E-state index contributed by atoms with van der Waals surface area (Å²) in [5, 5.41) is 5.74. The number of aryl methyl sites for hydroxylation is 1. The summed E-state index contributed by atoms with van der Waals surface area (Å²) in [4.78, 5) is 7.97. The molecule has 3 aromatic rings. The van der Waals surface area contributed by atoms with Crippen LogP contribution in [0.1, 0.15) is 51.7 Å². The van der Waals surface area contributed by atoms with Crippen molar-refractivity contribution in [3.8, 4) is 5.75 Å². The second-order valence-corrected chi connectivity index (χ2v) is 8.74. The first-order chi connectivity index (χ1) is 15.5. The lowest BCUT2D eigenvalue weighted by atomic mass is 10.1. The molecule has 0 spiro atoms. The molecular formula is C25H29F3N4O. The van der Waals surface area contributed by atoms with Crippen molar-refractivity contribution in [2.24, 2.45) is 0 Å². The molecule has 5 nitrogen and oxygen atoms in total. The number of rotatable bonds is 8. The number of aromatic nitrogens is 2. The summed E-state index contributed by atoms with van der Waals surface area (Å²) in [5.74, 6) is 0.361. The molecule has 2 aromatic carbocycles. The van der Waals surface area contributed by atoms with Gasteiger partial charge in [0.1, 0.15) is 22.7 Å². The van der Waals surface area contributed by atoms with Gasteiger partial charge in [0.25, 0.3) is 0 Å². The molecule has 0 radical (unpaired) electrons. The van der Waals surface area contributed by atoms with Crippen molar-refractivity contribution in [3.63, 3.8) is 0 Å². The number of ether oxygens (including phenoxy) is 1. The zero-order chi connectivity index (χ0) is 24.1.